The summed E-state index contributed by atoms with van der Waals surface area (Å²) in [5.41, 5.74) is 1.82. The molecule has 3 aromatic rings. The molecule has 13 heteroatoms. The van der Waals surface area contributed by atoms with Crippen LogP contribution in [0.25, 0.3) is 0 Å². The molecule has 0 bridgehead atoms. The molecule has 0 aliphatic carbocycles. The molecule has 1 amide bonds. The number of amides is 1. The van der Waals surface area contributed by atoms with Gasteiger partial charge in [-0.15, -0.1) is 0 Å². The Balaban J connectivity index is 1.80. The van der Waals surface area contributed by atoms with Crippen molar-refractivity contribution < 1.29 is 21.6 Å². The first-order valence-electron chi connectivity index (χ1n) is 10.8. The fourth-order valence-corrected chi connectivity index (χ4v) is 5.82. The minimum absolute atomic E-state index is 0.0428. The van der Waals surface area contributed by atoms with Crippen LogP contribution in [0.2, 0.25) is 5.02 Å². The molecule has 2 aromatic carbocycles. The largest absolute Gasteiger partial charge is 0.324 e. The normalized spacial score (nSPS) is 12.6. The second-order valence-corrected chi connectivity index (χ2v) is 12.0. The van der Waals surface area contributed by atoms with Gasteiger partial charge in [0.2, 0.25) is 21.9 Å². The smallest absolute Gasteiger partial charge is 0.264 e. The standard InChI is InChI=1S/C23H26ClN5O5S2/c1-5-21(29(35(4,31)32)19-10-6-17(24)7-11-19)22(30)27-18-8-12-20(13-9-18)36(33,34)28-23-25-15(2)14-16(3)26-23/h6-14,21H,5H2,1-4H3,(H,27,30)(H,25,26,28)/t21-/m0/s1. The number of rotatable bonds is 9. The molecular formula is C23H26ClN5O5S2. The van der Waals surface area contributed by atoms with E-state index in [0.29, 0.717) is 27.8 Å². The molecule has 0 fully saturated rings. The molecule has 0 saturated carbocycles. The quantitative estimate of drug-likeness (QED) is 0.413. The monoisotopic (exact) mass is 551 g/mol. The van der Waals surface area contributed by atoms with Crippen molar-refractivity contribution in [2.75, 3.05) is 20.6 Å². The highest BCUT2D eigenvalue weighted by Crippen LogP contribution is 2.25. The fourth-order valence-electron chi connectivity index (χ4n) is 3.54. The third-order valence-corrected chi connectivity index (χ3v) is 7.83. The van der Waals surface area contributed by atoms with Crippen molar-refractivity contribution in [3.05, 3.63) is 71.0 Å². The van der Waals surface area contributed by atoms with Gasteiger partial charge in [-0.25, -0.2) is 31.5 Å². The lowest BCUT2D eigenvalue weighted by atomic mass is 10.2. The Kier molecular flexibility index (Phi) is 8.22. The zero-order chi connectivity index (χ0) is 26.7. The number of benzene rings is 2. The Morgan fingerprint density at radius 1 is 0.972 bits per heavy atom. The molecular weight excluding hydrogens is 526 g/mol. The summed E-state index contributed by atoms with van der Waals surface area (Å²) in [7, 11) is -7.78. The van der Waals surface area contributed by atoms with Crippen LogP contribution in [0.5, 0.6) is 0 Å². The van der Waals surface area contributed by atoms with E-state index in [2.05, 4.69) is 20.0 Å². The second-order valence-electron chi connectivity index (χ2n) is 8.05. The van der Waals surface area contributed by atoms with E-state index in [1.807, 2.05) is 0 Å². The van der Waals surface area contributed by atoms with Crippen LogP contribution >= 0.6 is 11.6 Å². The van der Waals surface area contributed by atoms with E-state index >= 15 is 0 Å². The van der Waals surface area contributed by atoms with E-state index in [-0.39, 0.29) is 17.3 Å². The molecule has 0 aliphatic rings. The average Bonchev–Trinajstić information content (AvgIpc) is 2.76. The molecule has 10 nitrogen and oxygen atoms in total. The van der Waals surface area contributed by atoms with E-state index in [1.165, 1.54) is 48.5 Å². The van der Waals surface area contributed by atoms with Crippen molar-refractivity contribution in [3.63, 3.8) is 0 Å². The Morgan fingerprint density at radius 2 is 1.53 bits per heavy atom. The summed E-state index contributed by atoms with van der Waals surface area (Å²) in [6, 6.07) is 12.2. The number of aryl methyl sites for hydroxylation is 2. The first-order valence-corrected chi connectivity index (χ1v) is 14.5. The van der Waals surface area contributed by atoms with Crippen molar-refractivity contribution in [1.29, 1.82) is 0 Å². The van der Waals surface area contributed by atoms with Crippen LogP contribution in [0.3, 0.4) is 0 Å². The number of nitrogens with one attached hydrogen (secondary N) is 2. The maximum absolute atomic E-state index is 13.1. The molecule has 36 heavy (non-hydrogen) atoms. The molecule has 0 radical (unpaired) electrons. The molecule has 0 saturated heterocycles. The third kappa shape index (κ3) is 6.71. The lowest BCUT2D eigenvalue weighted by molar-refractivity contribution is -0.117. The molecule has 1 heterocycles. The summed E-state index contributed by atoms with van der Waals surface area (Å²) in [6.07, 6.45) is 1.21. The van der Waals surface area contributed by atoms with Crippen molar-refractivity contribution in [2.24, 2.45) is 0 Å². The van der Waals surface area contributed by atoms with Gasteiger partial charge in [0.05, 0.1) is 16.8 Å². The molecule has 0 aliphatic heterocycles. The molecule has 1 aromatic heterocycles. The number of hydrogen-bond donors (Lipinski definition) is 2. The van der Waals surface area contributed by atoms with E-state index in [1.54, 1.807) is 26.8 Å². The summed E-state index contributed by atoms with van der Waals surface area (Å²) in [6.45, 7) is 5.14. The Bertz CT molecular complexity index is 1440. The van der Waals surface area contributed by atoms with Crippen LogP contribution in [0.4, 0.5) is 17.3 Å². The van der Waals surface area contributed by atoms with Gasteiger partial charge in [-0.3, -0.25) is 9.10 Å². The minimum atomic E-state index is -3.97. The average molecular weight is 552 g/mol. The van der Waals surface area contributed by atoms with Gasteiger partial charge in [0.1, 0.15) is 6.04 Å². The van der Waals surface area contributed by atoms with Gasteiger partial charge in [0.15, 0.2) is 0 Å². The van der Waals surface area contributed by atoms with E-state index in [0.717, 1.165) is 10.6 Å². The number of carbonyl (C=O) groups is 1. The van der Waals surface area contributed by atoms with Crippen molar-refractivity contribution in [3.8, 4) is 0 Å². The first-order chi connectivity index (χ1) is 16.8. The zero-order valence-corrected chi connectivity index (χ0v) is 22.4. The highest BCUT2D eigenvalue weighted by molar-refractivity contribution is 7.92. The number of hydrogen-bond acceptors (Lipinski definition) is 7. The minimum Gasteiger partial charge on any atom is -0.324 e. The topological polar surface area (TPSA) is 138 Å². The Labute approximate surface area is 215 Å². The van der Waals surface area contributed by atoms with Crippen LogP contribution in [0.1, 0.15) is 24.7 Å². The lowest BCUT2D eigenvalue weighted by Gasteiger charge is -2.30. The van der Waals surface area contributed by atoms with Crippen LogP contribution < -0.4 is 14.3 Å². The number of aromatic nitrogens is 2. The second kappa shape index (κ2) is 10.8. The van der Waals surface area contributed by atoms with Gasteiger partial charge >= 0.3 is 0 Å². The molecule has 1 atom stereocenters. The summed E-state index contributed by atoms with van der Waals surface area (Å²) in [5, 5.41) is 3.09. The van der Waals surface area contributed by atoms with Crippen molar-refractivity contribution in [1.82, 2.24) is 9.97 Å². The van der Waals surface area contributed by atoms with E-state index in [4.69, 9.17) is 11.6 Å². The summed E-state index contributed by atoms with van der Waals surface area (Å²) in [5.74, 6) is -0.617. The number of sulfonamides is 2. The van der Waals surface area contributed by atoms with Crippen molar-refractivity contribution in [2.45, 2.75) is 38.1 Å². The van der Waals surface area contributed by atoms with Gasteiger partial charge < -0.3 is 5.32 Å². The Hall–Kier alpha value is -3.22. The summed E-state index contributed by atoms with van der Waals surface area (Å²) >= 11 is 5.92. The number of halogens is 1. The van der Waals surface area contributed by atoms with Gasteiger partial charge in [-0.2, -0.15) is 0 Å². The molecule has 0 spiro atoms. The molecule has 192 valence electrons. The number of carbonyl (C=O) groups excluding carboxylic acids is 1. The Morgan fingerprint density at radius 3 is 2.03 bits per heavy atom. The molecule has 0 unspecified atom stereocenters. The van der Waals surface area contributed by atoms with Crippen LogP contribution in [-0.2, 0) is 24.8 Å². The van der Waals surface area contributed by atoms with Crippen molar-refractivity contribution >= 4 is 54.9 Å². The van der Waals surface area contributed by atoms with Gasteiger partial charge in [0.25, 0.3) is 10.0 Å². The van der Waals surface area contributed by atoms with Gasteiger partial charge in [0, 0.05) is 22.1 Å². The lowest BCUT2D eigenvalue weighted by Crippen LogP contribution is -2.47. The SMILES string of the molecule is CC[C@@H](C(=O)Nc1ccc(S(=O)(=O)Nc2nc(C)cc(C)n2)cc1)N(c1ccc(Cl)cc1)S(C)(=O)=O. The fraction of sp³-hybridized carbons (Fsp3) is 0.261. The molecule has 3 rings (SSSR count). The predicted molar refractivity (Wildman–Crippen MR) is 140 cm³/mol. The first kappa shape index (κ1) is 27.4. The number of anilines is 3. The highest BCUT2D eigenvalue weighted by atomic mass is 35.5. The van der Waals surface area contributed by atoms with Crippen LogP contribution in [0.15, 0.2) is 59.5 Å². The predicted octanol–water partition coefficient (Wildman–Crippen LogP) is 3.73. The number of nitrogens with zero attached hydrogens (tertiary/aromatic N) is 3. The van der Waals surface area contributed by atoms with Crippen LogP contribution in [-0.4, -0.2) is 45.0 Å². The highest BCUT2D eigenvalue weighted by Gasteiger charge is 2.31. The maximum Gasteiger partial charge on any atom is 0.264 e. The van der Waals surface area contributed by atoms with Gasteiger partial charge in [-0.1, -0.05) is 18.5 Å². The summed E-state index contributed by atoms with van der Waals surface area (Å²) in [4.78, 5) is 21.2. The zero-order valence-electron chi connectivity index (χ0n) is 20.1. The summed E-state index contributed by atoms with van der Waals surface area (Å²) < 4.78 is 53.9. The maximum atomic E-state index is 13.1. The van der Waals surface area contributed by atoms with E-state index in [9.17, 15) is 21.6 Å². The van der Waals surface area contributed by atoms with E-state index < -0.39 is 32.0 Å². The molecule has 2 N–H and O–H groups in total. The van der Waals surface area contributed by atoms with Crippen LogP contribution in [0, 0.1) is 13.8 Å². The van der Waals surface area contributed by atoms with Gasteiger partial charge in [-0.05, 0) is 74.9 Å². The third-order valence-electron chi connectivity index (χ3n) is 5.05.